The number of nitro benzene ring substituents is 1. The van der Waals surface area contributed by atoms with Crippen molar-refractivity contribution in [2.45, 2.75) is 26.4 Å². The van der Waals surface area contributed by atoms with Gasteiger partial charge in [0.05, 0.1) is 16.8 Å². The van der Waals surface area contributed by atoms with E-state index >= 15 is 0 Å². The summed E-state index contributed by atoms with van der Waals surface area (Å²) in [6, 6.07) is 6.74. The molecular weight excluding hydrogens is 244 g/mol. The van der Waals surface area contributed by atoms with Gasteiger partial charge < -0.3 is 5.32 Å². The summed E-state index contributed by atoms with van der Waals surface area (Å²) < 4.78 is 1.71. The highest BCUT2D eigenvalue weighted by Gasteiger charge is 2.06. The molecule has 0 saturated carbocycles. The minimum absolute atomic E-state index is 0.0811. The zero-order valence-corrected chi connectivity index (χ0v) is 10.9. The lowest BCUT2D eigenvalue weighted by Crippen LogP contribution is -2.21. The minimum atomic E-state index is -0.412. The van der Waals surface area contributed by atoms with E-state index in [0.29, 0.717) is 6.04 Å². The molecule has 0 spiro atoms. The fourth-order valence-electron chi connectivity index (χ4n) is 1.64. The first-order valence-corrected chi connectivity index (χ1v) is 6.08. The lowest BCUT2D eigenvalue weighted by Gasteiger charge is -2.05. The average molecular weight is 260 g/mol. The fraction of sp³-hybridized carbons (Fsp3) is 0.308. The van der Waals surface area contributed by atoms with E-state index in [0.717, 1.165) is 17.8 Å². The van der Waals surface area contributed by atoms with Crippen LogP contribution in [0.4, 0.5) is 5.69 Å². The monoisotopic (exact) mass is 260 g/mol. The van der Waals surface area contributed by atoms with Crippen molar-refractivity contribution in [3.8, 4) is 5.69 Å². The summed E-state index contributed by atoms with van der Waals surface area (Å²) in [6.07, 6.45) is 3.70. The molecule has 1 aromatic heterocycles. The van der Waals surface area contributed by atoms with Crippen LogP contribution >= 0.6 is 0 Å². The van der Waals surface area contributed by atoms with Gasteiger partial charge >= 0.3 is 0 Å². The Bertz CT molecular complexity index is 560. The summed E-state index contributed by atoms with van der Waals surface area (Å²) >= 11 is 0. The Labute approximate surface area is 111 Å². The second-order valence-corrected chi connectivity index (χ2v) is 4.60. The van der Waals surface area contributed by atoms with Gasteiger partial charge in [-0.3, -0.25) is 10.1 Å². The third-order valence-corrected chi connectivity index (χ3v) is 2.68. The summed E-state index contributed by atoms with van der Waals surface area (Å²) in [5, 5.41) is 18.1. The van der Waals surface area contributed by atoms with Gasteiger partial charge in [-0.05, 0) is 12.1 Å². The van der Waals surface area contributed by atoms with Gasteiger partial charge in [-0.1, -0.05) is 13.8 Å². The summed E-state index contributed by atoms with van der Waals surface area (Å²) in [5.41, 5.74) is 1.96. The van der Waals surface area contributed by atoms with Crippen LogP contribution < -0.4 is 5.32 Å². The first-order valence-electron chi connectivity index (χ1n) is 6.08. The summed E-state index contributed by atoms with van der Waals surface area (Å²) in [4.78, 5) is 10.2. The van der Waals surface area contributed by atoms with E-state index in [9.17, 15) is 10.1 Å². The highest BCUT2D eigenvalue weighted by molar-refractivity contribution is 5.40. The molecule has 100 valence electrons. The molecule has 0 aliphatic carbocycles. The van der Waals surface area contributed by atoms with E-state index in [1.54, 1.807) is 23.0 Å². The summed E-state index contributed by atoms with van der Waals surface area (Å²) in [6.45, 7) is 4.92. The standard InChI is InChI=1S/C13H16N4O2/c1-10(2)14-7-11-8-15-16(9-11)12-3-5-13(6-4-12)17(18)19/h3-6,8-10,14H,7H2,1-2H3. The molecule has 0 bridgehead atoms. The van der Waals surface area contributed by atoms with Gasteiger partial charge in [0.1, 0.15) is 0 Å². The van der Waals surface area contributed by atoms with Crippen LogP contribution in [-0.2, 0) is 6.54 Å². The van der Waals surface area contributed by atoms with Crippen molar-refractivity contribution < 1.29 is 4.92 Å². The Kier molecular flexibility index (Phi) is 3.91. The number of rotatable bonds is 5. The largest absolute Gasteiger partial charge is 0.310 e. The smallest absolute Gasteiger partial charge is 0.269 e. The third kappa shape index (κ3) is 3.38. The molecule has 1 heterocycles. The van der Waals surface area contributed by atoms with Crippen LogP contribution in [-0.4, -0.2) is 20.7 Å². The molecule has 6 heteroatoms. The Hall–Kier alpha value is -2.21. The second kappa shape index (κ2) is 5.62. The normalized spacial score (nSPS) is 10.9. The van der Waals surface area contributed by atoms with Crippen LogP contribution in [0.5, 0.6) is 0 Å². The Balaban J connectivity index is 2.11. The van der Waals surface area contributed by atoms with E-state index in [1.807, 2.05) is 6.20 Å². The molecule has 0 saturated heterocycles. The van der Waals surface area contributed by atoms with Crippen molar-refractivity contribution >= 4 is 5.69 Å². The van der Waals surface area contributed by atoms with Crippen LogP contribution in [0.15, 0.2) is 36.7 Å². The molecule has 0 amide bonds. The number of nitrogens with one attached hydrogen (secondary N) is 1. The van der Waals surface area contributed by atoms with Crippen LogP contribution in [0, 0.1) is 10.1 Å². The molecule has 0 radical (unpaired) electrons. The highest BCUT2D eigenvalue weighted by Crippen LogP contribution is 2.15. The van der Waals surface area contributed by atoms with Crippen molar-refractivity contribution in [2.24, 2.45) is 0 Å². The average Bonchev–Trinajstić information content (AvgIpc) is 2.85. The zero-order valence-electron chi connectivity index (χ0n) is 10.9. The first-order chi connectivity index (χ1) is 9.06. The number of hydrogen-bond donors (Lipinski definition) is 1. The zero-order chi connectivity index (χ0) is 13.8. The number of hydrogen-bond acceptors (Lipinski definition) is 4. The van der Waals surface area contributed by atoms with Crippen LogP contribution in [0.25, 0.3) is 5.69 Å². The number of aromatic nitrogens is 2. The number of nitrogens with zero attached hydrogens (tertiary/aromatic N) is 3. The Morgan fingerprint density at radius 1 is 1.37 bits per heavy atom. The van der Waals surface area contributed by atoms with Gasteiger partial charge in [-0.2, -0.15) is 5.10 Å². The van der Waals surface area contributed by atoms with Crippen molar-refractivity contribution in [1.82, 2.24) is 15.1 Å². The minimum Gasteiger partial charge on any atom is -0.310 e. The van der Waals surface area contributed by atoms with Gasteiger partial charge in [0, 0.05) is 36.5 Å². The van der Waals surface area contributed by atoms with E-state index in [4.69, 9.17) is 0 Å². The Morgan fingerprint density at radius 3 is 2.63 bits per heavy atom. The maximum absolute atomic E-state index is 10.6. The molecule has 19 heavy (non-hydrogen) atoms. The molecule has 0 aliphatic rings. The first kappa shape index (κ1) is 13.2. The number of non-ortho nitro benzene ring substituents is 1. The lowest BCUT2D eigenvalue weighted by molar-refractivity contribution is -0.384. The second-order valence-electron chi connectivity index (χ2n) is 4.60. The highest BCUT2D eigenvalue weighted by atomic mass is 16.6. The number of nitro groups is 1. The quantitative estimate of drug-likeness (QED) is 0.661. The van der Waals surface area contributed by atoms with Crippen molar-refractivity contribution in [1.29, 1.82) is 0 Å². The third-order valence-electron chi connectivity index (χ3n) is 2.68. The van der Waals surface area contributed by atoms with E-state index in [1.165, 1.54) is 12.1 Å². The molecule has 0 aliphatic heterocycles. The van der Waals surface area contributed by atoms with Gasteiger partial charge in [0.2, 0.25) is 0 Å². The lowest BCUT2D eigenvalue weighted by atomic mass is 10.3. The maximum atomic E-state index is 10.6. The molecule has 0 unspecified atom stereocenters. The SMILES string of the molecule is CC(C)NCc1cnn(-c2ccc([N+](=O)[O-])cc2)c1. The molecule has 6 nitrogen and oxygen atoms in total. The maximum Gasteiger partial charge on any atom is 0.269 e. The Morgan fingerprint density at radius 2 is 2.05 bits per heavy atom. The predicted molar refractivity (Wildman–Crippen MR) is 72.2 cm³/mol. The molecule has 1 N–H and O–H groups in total. The number of benzene rings is 1. The topological polar surface area (TPSA) is 73.0 Å². The molecule has 2 aromatic rings. The summed E-state index contributed by atoms with van der Waals surface area (Å²) in [7, 11) is 0. The fourth-order valence-corrected chi connectivity index (χ4v) is 1.64. The molecule has 0 fully saturated rings. The van der Waals surface area contributed by atoms with Gasteiger partial charge in [-0.25, -0.2) is 4.68 Å². The van der Waals surface area contributed by atoms with E-state index < -0.39 is 4.92 Å². The molecular formula is C13H16N4O2. The molecule has 0 atom stereocenters. The van der Waals surface area contributed by atoms with Crippen LogP contribution in [0.3, 0.4) is 0 Å². The van der Waals surface area contributed by atoms with Crippen LogP contribution in [0.2, 0.25) is 0 Å². The van der Waals surface area contributed by atoms with Crippen molar-refractivity contribution in [3.63, 3.8) is 0 Å². The van der Waals surface area contributed by atoms with E-state index in [-0.39, 0.29) is 5.69 Å². The van der Waals surface area contributed by atoms with Crippen molar-refractivity contribution in [3.05, 3.63) is 52.3 Å². The van der Waals surface area contributed by atoms with E-state index in [2.05, 4.69) is 24.3 Å². The predicted octanol–water partition coefficient (Wildman–Crippen LogP) is 2.28. The van der Waals surface area contributed by atoms with Crippen LogP contribution in [0.1, 0.15) is 19.4 Å². The van der Waals surface area contributed by atoms with Gasteiger partial charge in [0.25, 0.3) is 5.69 Å². The van der Waals surface area contributed by atoms with Gasteiger partial charge in [0.15, 0.2) is 0 Å². The van der Waals surface area contributed by atoms with Crippen molar-refractivity contribution in [2.75, 3.05) is 0 Å². The summed E-state index contributed by atoms with van der Waals surface area (Å²) in [5.74, 6) is 0. The molecule has 1 aromatic carbocycles. The van der Waals surface area contributed by atoms with Gasteiger partial charge in [-0.15, -0.1) is 0 Å². The molecule has 2 rings (SSSR count).